The predicted octanol–water partition coefficient (Wildman–Crippen LogP) is 3.16. The van der Waals surface area contributed by atoms with Crippen LogP contribution >= 0.6 is 0 Å². The van der Waals surface area contributed by atoms with Gasteiger partial charge in [0.25, 0.3) is 0 Å². The summed E-state index contributed by atoms with van der Waals surface area (Å²) in [4.78, 5) is 5.03. The molecule has 3 saturated heterocycles. The van der Waals surface area contributed by atoms with Crippen molar-refractivity contribution >= 4 is 0 Å². The molecule has 3 aliphatic heterocycles. The Bertz CT molecular complexity index is 325. The topological polar surface area (TPSA) is 24.9 Å². The van der Waals surface area contributed by atoms with Crippen LogP contribution in [-0.2, 0) is 9.47 Å². The number of likely N-dealkylation sites (tertiary alicyclic amines) is 1. The van der Waals surface area contributed by atoms with Gasteiger partial charge in [-0.3, -0.25) is 4.90 Å². The second kappa shape index (κ2) is 9.36. The van der Waals surface area contributed by atoms with E-state index in [1.54, 1.807) is 0 Å². The van der Waals surface area contributed by atoms with E-state index >= 15 is 0 Å². The summed E-state index contributed by atoms with van der Waals surface area (Å²) < 4.78 is 11.1. The molecule has 0 aromatic rings. The lowest BCUT2D eigenvalue weighted by Crippen LogP contribution is -2.42. The van der Waals surface area contributed by atoms with E-state index < -0.39 is 0 Å². The average Bonchev–Trinajstić information content (AvgIpc) is 3.19. The fraction of sp³-hybridized carbons (Fsp3) is 1.00. The second-order valence-electron chi connectivity index (χ2n) is 7.71. The summed E-state index contributed by atoms with van der Waals surface area (Å²) >= 11 is 0. The molecular formula is C19H38N2O2. The van der Waals surface area contributed by atoms with Crippen LogP contribution in [0.15, 0.2) is 0 Å². The average molecular weight is 327 g/mol. The molecule has 136 valence electrons. The number of fused-ring (bicyclic) bond motifs is 1. The molecule has 4 heteroatoms. The van der Waals surface area contributed by atoms with Gasteiger partial charge in [0.2, 0.25) is 0 Å². The molecule has 0 aromatic heterocycles. The van der Waals surface area contributed by atoms with E-state index in [4.69, 9.17) is 9.47 Å². The summed E-state index contributed by atoms with van der Waals surface area (Å²) in [6.07, 6.45) is 8.52. The Morgan fingerprint density at radius 3 is 2.30 bits per heavy atom. The molecule has 0 saturated carbocycles. The summed E-state index contributed by atoms with van der Waals surface area (Å²) in [5.41, 5.74) is 0.468. The Morgan fingerprint density at radius 2 is 1.78 bits per heavy atom. The van der Waals surface area contributed by atoms with Crippen LogP contribution in [0.3, 0.4) is 0 Å². The van der Waals surface area contributed by atoms with Crippen LogP contribution < -0.4 is 0 Å². The van der Waals surface area contributed by atoms with Gasteiger partial charge < -0.3 is 14.4 Å². The SMILES string of the molecule is CC(C)OCC1CCCN1C.CCOCC12CCCN1CCC2. The highest BCUT2D eigenvalue weighted by atomic mass is 16.5. The van der Waals surface area contributed by atoms with Crippen molar-refractivity contribution < 1.29 is 9.47 Å². The monoisotopic (exact) mass is 326 g/mol. The van der Waals surface area contributed by atoms with Crippen molar-refractivity contribution in [1.82, 2.24) is 9.80 Å². The predicted molar refractivity (Wildman–Crippen MR) is 96.0 cm³/mol. The van der Waals surface area contributed by atoms with Crippen LogP contribution in [0.2, 0.25) is 0 Å². The van der Waals surface area contributed by atoms with Crippen LogP contribution in [0.1, 0.15) is 59.3 Å². The second-order valence-corrected chi connectivity index (χ2v) is 7.71. The van der Waals surface area contributed by atoms with Crippen LogP contribution in [0, 0.1) is 0 Å². The minimum absolute atomic E-state index is 0.379. The van der Waals surface area contributed by atoms with E-state index in [1.165, 1.54) is 58.2 Å². The van der Waals surface area contributed by atoms with Gasteiger partial charge in [-0.1, -0.05) is 0 Å². The first-order chi connectivity index (χ1) is 11.1. The number of nitrogens with zero attached hydrogens (tertiary/aromatic N) is 2. The van der Waals surface area contributed by atoms with Crippen LogP contribution in [0.5, 0.6) is 0 Å². The van der Waals surface area contributed by atoms with Gasteiger partial charge in [-0.15, -0.1) is 0 Å². The molecule has 1 unspecified atom stereocenters. The third-order valence-corrected chi connectivity index (χ3v) is 5.68. The van der Waals surface area contributed by atoms with Gasteiger partial charge in [-0.05, 0) is 86.0 Å². The highest BCUT2D eigenvalue weighted by molar-refractivity contribution is 4.99. The van der Waals surface area contributed by atoms with E-state index in [1.807, 2.05) is 0 Å². The lowest BCUT2D eigenvalue weighted by Gasteiger charge is -2.31. The molecule has 23 heavy (non-hydrogen) atoms. The number of rotatable bonds is 6. The number of hydrogen-bond acceptors (Lipinski definition) is 4. The Labute approximate surface area is 143 Å². The van der Waals surface area contributed by atoms with Gasteiger partial charge >= 0.3 is 0 Å². The quantitative estimate of drug-likeness (QED) is 0.748. The summed E-state index contributed by atoms with van der Waals surface area (Å²) in [5.74, 6) is 0. The van der Waals surface area contributed by atoms with E-state index in [-0.39, 0.29) is 0 Å². The number of hydrogen-bond donors (Lipinski definition) is 0. The lowest BCUT2D eigenvalue weighted by atomic mass is 9.95. The molecule has 4 nitrogen and oxygen atoms in total. The van der Waals surface area contributed by atoms with Crippen molar-refractivity contribution in [3.05, 3.63) is 0 Å². The van der Waals surface area contributed by atoms with Crippen molar-refractivity contribution in [2.45, 2.75) is 77.0 Å². The molecule has 3 fully saturated rings. The van der Waals surface area contributed by atoms with Gasteiger partial charge in [-0.25, -0.2) is 0 Å². The summed E-state index contributed by atoms with van der Waals surface area (Å²) in [7, 11) is 2.18. The molecule has 1 atom stereocenters. The molecule has 3 rings (SSSR count). The summed E-state index contributed by atoms with van der Waals surface area (Å²) in [6.45, 7) is 12.9. The van der Waals surface area contributed by atoms with E-state index in [2.05, 4.69) is 37.6 Å². The molecule has 0 radical (unpaired) electrons. The zero-order chi connectivity index (χ0) is 16.7. The van der Waals surface area contributed by atoms with Crippen molar-refractivity contribution in [3.8, 4) is 0 Å². The van der Waals surface area contributed by atoms with Crippen molar-refractivity contribution in [1.29, 1.82) is 0 Å². The highest BCUT2D eigenvalue weighted by Crippen LogP contribution is 2.38. The summed E-state index contributed by atoms with van der Waals surface area (Å²) in [6, 6.07) is 0.678. The molecule has 0 N–H and O–H groups in total. The van der Waals surface area contributed by atoms with Gasteiger partial charge in [0.05, 0.1) is 19.3 Å². The van der Waals surface area contributed by atoms with Crippen molar-refractivity contribution in [3.63, 3.8) is 0 Å². The van der Waals surface area contributed by atoms with E-state index in [9.17, 15) is 0 Å². The molecule has 0 spiro atoms. The van der Waals surface area contributed by atoms with Crippen LogP contribution in [0.25, 0.3) is 0 Å². The van der Waals surface area contributed by atoms with E-state index in [0.29, 0.717) is 17.7 Å². The minimum atomic E-state index is 0.379. The maximum Gasteiger partial charge on any atom is 0.0650 e. The van der Waals surface area contributed by atoms with E-state index in [0.717, 1.165) is 19.8 Å². The molecule has 3 heterocycles. The first kappa shape index (κ1) is 19.2. The Morgan fingerprint density at radius 1 is 1.09 bits per heavy atom. The molecule has 0 aliphatic carbocycles. The maximum atomic E-state index is 5.58. The first-order valence-electron chi connectivity index (χ1n) is 9.72. The fourth-order valence-corrected chi connectivity index (χ4v) is 4.25. The Hall–Kier alpha value is -0.160. The third kappa shape index (κ3) is 5.42. The zero-order valence-corrected chi connectivity index (χ0v) is 15.9. The normalized spacial score (nSPS) is 27.3. The molecule has 0 bridgehead atoms. The third-order valence-electron chi connectivity index (χ3n) is 5.68. The highest BCUT2D eigenvalue weighted by Gasteiger charge is 2.44. The van der Waals surface area contributed by atoms with Crippen LogP contribution in [-0.4, -0.2) is 74.0 Å². The van der Waals surface area contributed by atoms with Gasteiger partial charge in [0.15, 0.2) is 0 Å². The number of likely N-dealkylation sites (N-methyl/N-ethyl adjacent to an activating group) is 1. The standard InChI is InChI=1S/C10H19NO.C9H19NO/c1-2-12-9-10-5-3-7-11(10)8-4-6-10;1-8(2)11-7-9-5-4-6-10(9)3/h2-9H2,1H3;8-9H,4-7H2,1-3H3. The molecular weight excluding hydrogens is 288 g/mol. The summed E-state index contributed by atoms with van der Waals surface area (Å²) in [5, 5.41) is 0. The van der Waals surface area contributed by atoms with Gasteiger partial charge in [0.1, 0.15) is 0 Å². The molecule has 3 aliphatic rings. The van der Waals surface area contributed by atoms with Crippen molar-refractivity contribution in [2.24, 2.45) is 0 Å². The smallest absolute Gasteiger partial charge is 0.0650 e. The fourth-order valence-electron chi connectivity index (χ4n) is 4.25. The molecule has 0 aromatic carbocycles. The van der Waals surface area contributed by atoms with Crippen molar-refractivity contribution in [2.75, 3.05) is 46.5 Å². The zero-order valence-electron chi connectivity index (χ0n) is 15.9. The molecule has 0 amide bonds. The maximum absolute atomic E-state index is 5.58. The lowest BCUT2D eigenvalue weighted by molar-refractivity contribution is 0.0417. The Balaban J connectivity index is 0.000000168. The van der Waals surface area contributed by atoms with Crippen LogP contribution in [0.4, 0.5) is 0 Å². The first-order valence-corrected chi connectivity index (χ1v) is 9.72. The van der Waals surface area contributed by atoms with Gasteiger partial charge in [-0.2, -0.15) is 0 Å². The number of ether oxygens (including phenoxy) is 2. The largest absolute Gasteiger partial charge is 0.380 e. The Kier molecular flexibility index (Phi) is 7.80. The minimum Gasteiger partial charge on any atom is -0.380 e. The van der Waals surface area contributed by atoms with Gasteiger partial charge in [0, 0.05) is 18.2 Å².